The van der Waals surface area contributed by atoms with Crippen molar-refractivity contribution < 1.29 is 4.79 Å². The van der Waals surface area contributed by atoms with E-state index >= 15 is 0 Å². The number of H-pyrrole nitrogens is 1. The molecule has 3 N–H and O–H groups in total. The molecule has 0 fully saturated rings. The molecule has 2 aromatic rings. The number of para-hydroxylation sites is 1. The van der Waals surface area contributed by atoms with E-state index in [1.54, 1.807) is 0 Å². The van der Waals surface area contributed by atoms with Crippen LogP contribution in [0, 0.1) is 0 Å². The lowest BCUT2D eigenvalue weighted by Gasteiger charge is -2.10. The van der Waals surface area contributed by atoms with E-state index in [0.717, 1.165) is 24.9 Å². The van der Waals surface area contributed by atoms with Gasteiger partial charge in [0.15, 0.2) is 0 Å². The number of rotatable bonds is 8. The minimum Gasteiger partial charge on any atom is -0.361 e. The highest BCUT2D eigenvalue weighted by molar-refractivity contribution is 5.83. The number of hydrogen-bond donors (Lipinski definition) is 3. The summed E-state index contributed by atoms with van der Waals surface area (Å²) >= 11 is 0. The second kappa shape index (κ2) is 7.84. The van der Waals surface area contributed by atoms with Crippen LogP contribution in [0.4, 0.5) is 0 Å². The molecule has 0 saturated carbocycles. The molecule has 1 heterocycles. The molecule has 114 valence electrons. The summed E-state index contributed by atoms with van der Waals surface area (Å²) in [6, 6.07) is 8.72. The summed E-state index contributed by atoms with van der Waals surface area (Å²) in [5, 5.41) is 7.55. The molecular weight excluding hydrogens is 262 g/mol. The highest BCUT2D eigenvalue weighted by Crippen LogP contribution is 2.17. The van der Waals surface area contributed by atoms with E-state index in [0.29, 0.717) is 19.0 Å². The molecule has 0 aliphatic carbocycles. The minimum absolute atomic E-state index is 0.116. The van der Waals surface area contributed by atoms with Crippen LogP contribution < -0.4 is 10.6 Å². The third kappa shape index (κ3) is 4.60. The normalized spacial score (nSPS) is 12.5. The van der Waals surface area contributed by atoms with Crippen molar-refractivity contribution in [2.75, 3.05) is 13.1 Å². The van der Waals surface area contributed by atoms with Crippen molar-refractivity contribution in [3.05, 3.63) is 36.0 Å². The third-order valence-electron chi connectivity index (χ3n) is 3.85. The summed E-state index contributed by atoms with van der Waals surface area (Å²) in [5.74, 6) is 0.116. The first kappa shape index (κ1) is 15.6. The molecule has 0 aliphatic rings. The van der Waals surface area contributed by atoms with Gasteiger partial charge in [-0.15, -0.1) is 0 Å². The molecule has 0 aliphatic heterocycles. The number of aromatic amines is 1. The number of nitrogens with one attached hydrogen (secondary N) is 3. The van der Waals surface area contributed by atoms with Crippen molar-refractivity contribution in [3.8, 4) is 0 Å². The molecule has 0 saturated heterocycles. The first-order valence-electron chi connectivity index (χ1n) is 7.75. The zero-order valence-corrected chi connectivity index (χ0v) is 12.9. The summed E-state index contributed by atoms with van der Waals surface area (Å²) in [6.45, 7) is 5.70. The lowest BCUT2D eigenvalue weighted by atomic mass is 10.1. The zero-order chi connectivity index (χ0) is 15.1. The number of fused-ring (bicyclic) bond motifs is 1. The molecule has 4 heteroatoms. The van der Waals surface area contributed by atoms with E-state index in [1.807, 2.05) is 18.3 Å². The van der Waals surface area contributed by atoms with E-state index in [4.69, 9.17) is 0 Å². The van der Waals surface area contributed by atoms with Gasteiger partial charge in [0.1, 0.15) is 0 Å². The Morgan fingerprint density at radius 2 is 2.10 bits per heavy atom. The van der Waals surface area contributed by atoms with Gasteiger partial charge in [-0.05, 0) is 31.4 Å². The van der Waals surface area contributed by atoms with Crippen molar-refractivity contribution >= 4 is 16.8 Å². The highest BCUT2D eigenvalue weighted by atomic mass is 16.1. The number of carbonyl (C=O) groups is 1. The smallest absolute Gasteiger partial charge is 0.221 e. The van der Waals surface area contributed by atoms with Crippen LogP contribution in [0.25, 0.3) is 10.9 Å². The fourth-order valence-electron chi connectivity index (χ4n) is 2.34. The standard InChI is InChI=1S/C17H25N3O/c1-3-13(2)18-11-9-17(21)19-10-8-14-12-20-16-7-5-4-6-15(14)16/h4-7,12-13,18,20H,3,8-11H2,1-2H3,(H,19,21). The largest absolute Gasteiger partial charge is 0.361 e. The van der Waals surface area contributed by atoms with E-state index in [9.17, 15) is 4.79 Å². The maximum Gasteiger partial charge on any atom is 0.221 e. The molecule has 1 amide bonds. The number of benzene rings is 1. The van der Waals surface area contributed by atoms with Crippen LogP contribution in [0.15, 0.2) is 30.5 Å². The highest BCUT2D eigenvalue weighted by Gasteiger charge is 2.05. The topological polar surface area (TPSA) is 56.9 Å². The molecule has 1 atom stereocenters. The van der Waals surface area contributed by atoms with Gasteiger partial charge < -0.3 is 15.6 Å². The molecule has 1 aromatic heterocycles. The summed E-state index contributed by atoms with van der Waals surface area (Å²) in [6.07, 6.45) is 4.51. The van der Waals surface area contributed by atoms with Gasteiger partial charge in [0.25, 0.3) is 0 Å². The van der Waals surface area contributed by atoms with Crippen LogP contribution in [0.2, 0.25) is 0 Å². The second-order valence-electron chi connectivity index (χ2n) is 5.47. The first-order chi connectivity index (χ1) is 10.2. The van der Waals surface area contributed by atoms with Crippen molar-refractivity contribution in [2.24, 2.45) is 0 Å². The van der Waals surface area contributed by atoms with Gasteiger partial charge in [-0.1, -0.05) is 25.1 Å². The maximum absolute atomic E-state index is 11.7. The number of aromatic nitrogens is 1. The summed E-state index contributed by atoms with van der Waals surface area (Å²) in [4.78, 5) is 15.0. The minimum atomic E-state index is 0.116. The molecule has 4 nitrogen and oxygen atoms in total. The maximum atomic E-state index is 11.7. The van der Waals surface area contributed by atoms with Crippen LogP contribution in [0.3, 0.4) is 0 Å². The predicted octanol–water partition coefficient (Wildman–Crippen LogP) is 2.60. The fraction of sp³-hybridized carbons (Fsp3) is 0.471. The molecule has 0 spiro atoms. The van der Waals surface area contributed by atoms with Crippen LogP contribution >= 0.6 is 0 Å². The molecular formula is C17H25N3O. The Morgan fingerprint density at radius 1 is 1.29 bits per heavy atom. The van der Waals surface area contributed by atoms with Crippen LogP contribution in [0.1, 0.15) is 32.3 Å². The Labute approximate surface area is 126 Å². The summed E-state index contributed by atoms with van der Waals surface area (Å²) < 4.78 is 0. The van der Waals surface area contributed by atoms with E-state index in [2.05, 4.69) is 41.6 Å². The first-order valence-corrected chi connectivity index (χ1v) is 7.75. The van der Waals surface area contributed by atoms with Gasteiger partial charge in [0.05, 0.1) is 0 Å². The van der Waals surface area contributed by atoms with Crippen molar-refractivity contribution in [3.63, 3.8) is 0 Å². The average molecular weight is 287 g/mol. The molecule has 21 heavy (non-hydrogen) atoms. The van der Waals surface area contributed by atoms with Gasteiger partial charge in [-0.25, -0.2) is 0 Å². The van der Waals surface area contributed by atoms with Crippen LogP contribution in [-0.4, -0.2) is 30.0 Å². The van der Waals surface area contributed by atoms with Crippen LogP contribution in [-0.2, 0) is 11.2 Å². The molecule has 1 aromatic carbocycles. The molecule has 0 bridgehead atoms. The Morgan fingerprint density at radius 3 is 2.90 bits per heavy atom. The van der Waals surface area contributed by atoms with Crippen molar-refractivity contribution in [1.82, 2.24) is 15.6 Å². The van der Waals surface area contributed by atoms with Gasteiger partial charge in [-0.3, -0.25) is 4.79 Å². The number of carbonyl (C=O) groups excluding carboxylic acids is 1. The Bertz CT molecular complexity index is 576. The Hall–Kier alpha value is -1.81. The van der Waals surface area contributed by atoms with E-state index in [1.165, 1.54) is 10.9 Å². The number of hydrogen-bond acceptors (Lipinski definition) is 2. The number of amides is 1. The summed E-state index contributed by atoms with van der Waals surface area (Å²) in [7, 11) is 0. The SMILES string of the molecule is CCC(C)NCCC(=O)NCCc1c[nH]c2ccccc12. The average Bonchev–Trinajstić information content (AvgIpc) is 2.90. The van der Waals surface area contributed by atoms with Gasteiger partial charge in [0, 0.05) is 42.7 Å². The monoisotopic (exact) mass is 287 g/mol. The predicted molar refractivity (Wildman–Crippen MR) is 87.4 cm³/mol. The molecule has 1 unspecified atom stereocenters. The summed E-state index contributed by atoms with van der Waals surface area (Å²) in [5.41, 5.74) is 2.40. The van der Waals surface area contributed by atoms with Gasteiger partial charge in [-0.2, -0.15) is 0 Å². The Balaban J connectivity index is 1.70. The third-order valence-corrected chi connectivity index (χ3v) is 3.85. The lowest BCUT2D eigenvalue weighted by molar-refractivity contribution is -0.120. The second-order valence-corrected chi connectivity index (χ2v) is 5.47. The quantitative estimate of drug-likeness (QED) is 0.699. The van der Waals surface area contributed by atoms with Crippen molar-refractivity contribution in [2.45, 2.75) is 39.2 Å². The Kier molecular flexibility index (Phi) is 5.81. The van der Waals surface area contributed by atoms with Crippen LogP contribution in [0.5, 0.6) is 0 Å². The van der Waals surface area contributed by atoms with E-state index in [-0.39, 0.29) is 5.91 Å². The van der Waals surface area contributed by atoms with Gasteiger partial charge in [0.2, 0.25) is 5.91 Å². The molecule has 2 rings (SSSR count). The van der Waals surface area contributed by atoms with E-state index < -0.39 is 0 Å². The van der Waals surface area contributed by atoms with Crippen molar-refractivity contribution in [1.29, 1.82) is 0 Å². The molecule has 0 radical (unpaired) electrons. The van der Waals surface area contributed by atoms with Gasteiger partial charge >= 0.3 is 0 Å². The lowest BCUT2D eigenvalue weighted by Crippen LogP contribution is -2.32. The zero-order valence-electron chi connectivity index (χ0n) is 12.9. The fourth-order valence-corrected chi connectivity index (χ4v) is 2.34.